The fraction of sp³-hybridized carbons (Fsp3) is 0.0714. The quantitative estimate of drug-likeness (QED) is 0.847. The van der Waals surface area contributed by atoms with Crippen LogP contribution in [0.15, 0.2) is 36.4 Å². The first-order valence-corrected chi connectivity index (χ1v) is 6.46. The van der Waals surface area contributed by atoms with Crippen LogP contribution in [0.1, 0.15) is 10.4 Å². The van der Waals surface area contributed by atoms with E-state index in [1.807, 2.05) is 0 Å². The first-order chi connectivity index (χ1) is 9.49. The molecule has 0 aliphatic carbocycles. The van der Waals surface area contributed by atoms with E-state index in [2.05, 4.69) is 5.32 Å². The summed E-state index contributed by atoms with van der Waals surface area (Å²) in [5, 5.41) is 3.51. The predicted molar refractivity (Wildman–Crippen MR) is 81.8 cm³/mol. The van der Waals surface area contributed by atoms with Gasteiger partial charge in [0, 0.05) is 27.4 Å². The van der Waals surface area contributed by atoms with Gasteiger partial charge in [-0.15, -0.1) is 0 Å². The van der Waals surface area contributed by atoms with Gasteiger partial charge in [0.15, 0.2) is 0 Å². The molecular formula is C14H12Cl2N2O2. The predicted octanol–water partition coefficient (Wildman–Crippen LogP) is 3.84. The van der Waals surface area contributed by atoms with Crippen molar-refractivity contribution in [2.24, 2.45) is 0 Å². The third-order valence-electron chi connectivity index (χ3n) is 2.60. The molecule has 0 atom stereocenters. The summed E-state index contributed by atoms with van der Waals surface area (Å²) in [6.45, 7) is 0. The third-order valence-corrected chi connectivity index (χ3v) is 3.03. The molecular weight excluding hydrogens is 299 g/mol. The van der Waals surface area contributed by atoms with Crippen LogP contribution in [0.2, 0.25) is 10.0 Å². The molecule has 2 aromatic carbocycles. The highest BCUT2D eigenvalue weighted by Gasteiger charge is 2.11. The summed E-state index contributed by atoms with van der Waals surface area (Å²) in [4.78, 5) is 12.2. The van der Waals surface area contributed by atoms with Gasteiger partial charge in [-0.1, -0.05) is 23.2 Å². The molecule has 104 valence electrons. The summed E-state index contributed by atoms with van der Waals surface area (Å²) in [6.07, 6.45) is 0. The van der Waals surface area contributed by atoms with Gasteiger partial charge in [-0.3, -0.25) is 4.79 Å². The summed E-state index contributed by atoms with van der Waals surface area (Å²) in [7, 11) is 1.50. The molecule has 0 bridgehead atoms. The Morgan fingerprint density at radius 3 is 2.40 bits per heavy atom. The average molecular weight is 311 g/mol. The lowest BCUT2D eigenvalue weighted by Crippen LogP contribution is -2.12. The Bertz CT molecular complexity index is 639. The van der Waals surface area contributed by atoms with Crippen molar-refractivity contribution in [3.8, 4) is 5.75 Å². The van der Waals surface area contributed by atoms with Crippen LogP contribution in [0.3, 0.4) is 0 Å². The van der Waals surface area contributed by atoms with E-state index in [9.17, 15) is 4.79 Å². The number of nitrogens with one attached hydrogen (secondary N) is 1. The zero-order valence-electron chi connectivity index (χ0n) is 10.6. The van der Waals surface area contributed by atoms with E-state index in [0.717, 1.165) is 0 Å². The van der Waals surface area contributed by atoms with E-state index >= 15 is 0 Å². The van der Waals surface area contributed by atoms with Crippen molar-refractivity contribution in [2.75, 3.05) is 18.2 Å². The van der Waals surface area contributed by atoms with E-state index in [1.165, 1.54) is 19.2 Å². The van der Waals surface area contributed by atoms with E-state index in [1.54, 1.807) is 24.3 Å². The number of methoxy groups -OCH3 is 1. The normalized spacial score (nSPS) is 10.2. The van der Waals surface area contributed by atoms with Crippen LogP contribution in [-0.4, -0.2) is 13.0 Å². The SMILES string of the molecule is COc1cc(N)ccc1NC(=O)c1cc(Cl)cc(Cl)c1. The topological polar surface area (TPSA) is 64.3 Å². The average Bonchev–Trinajstić information content (AvgIpc) is 2.39. The first kappa shape index (κ1) is 14.5. The standard InChI is InChI=1S/C14H12Cl2N2O2/c1-20-13-7-11(17)2-3-12(13)18-14(19)8-4-9(15)6-10(16)5-8/h2-7H,17H2,1H3,(H,18,19). The molecule has 4 nitrogen and oxygen atoms in total. The highest BCUT2D eigenvalue weighted by atomic mass is 35.5. The number of hydrogen-bond acceptors (Lipinski definition) is 3. The van der Waals surface area contributed by atoms with Crippen LogP contribution in [0.25, 0.3) is 0 Å². The fourth-order valence-corrected chi connectivity index (χ4v) is 2.22. The molecule has 3 N–H and O–H groups in total. The van der Waals surface area contributed by atoms with Gasteiger partial charge in [0.1, 0.15) is 5.75 Å². The van der Waals surface area contributed by atoms with E-state index in [4.69, 9.17) is 33.7 Å². The van der Waals surface area contributed by atoms with E-state index < -0.39 is 0 Å². The van der Waals surface area contributed by atoms with Crippen molar-refractivity contribution >= 4 is 40.5 Å². The highest BCUT2D eigenvalue weighted by molar-refractivity contribution is 6.35. The lowest BCUT2D eigenvalue weighted by atomic mass is 10.2. The molecule has 0 spiro atoms. The second-order valence-corrected chi connectivity index (χ2v) is 4.94. The number of halogens is 2. The molecule has 20 heavy (non-hydrogen) atoms. The maximum absolute atomic E-state index is 12.2. The lowest BCUT2D eigenvalue weighted by molar-refractivity contribution is 0.102. The highest BCUT2D eigenvalue weighted by Crippen LogP contribution is 2.27. The molecule has 0 aromatic heterocycles. The number of nitrogens with two attached hydrogens (primary N) is 1. The number of ether oxygens (including phenoxy) is 1. The van der Waals surface area contributed by atoms with Crippen molar-refractivity contribution in [1.82, 2.24) is 0 Å². The van der Waals surface area contributed by atoms with E-state index in [0.29, 0.717) is 32.7 Å². The van der Waals surface area contributed by atoms with Gasteiger partial charge < -0.3 is 15.8 Å². The maximum atomic E-state index is 12.2. The van der Waals surface area contributed by atoms with E-state index in [-0.39, 0.29) is 5.91 Å². The lowest BCUT2D eigenvalue weighted by Gasteiger charge is -2.11. The Hall–Kier alpha value is -1.91. The summed E-state index contributed by atoms with van der Waals surface area (Å²) in [5.41, 5.74) is 7.08. The smallest absolute Gasteiger partial charge is 0.255 e. The minimum Gasteiger partial charge on any atom is -0.494 e. The number of nitrogen functional groups attached to an aromatic ring is 1. The maximum Gasteiger partial charge on any atom is 0.255 e. The number of anilines is 2. The number of hydrogen-bond donors (Lipinski definition) is 2. The van der Waals surface area contributed by atoms with Gasteiger partial charge in [-0.05, 0) is 30.3 Å². The van der Waals surface area contributed by atoms with Crippen LogP contribution >= 0.6 is 23.2 Å². The minimum absolute atomic E-state index is 0.336. The Balaban J connectivity index is 2.27. The van der Waals surface area contributed by atoms with Crippen LogP contribution in [-0.2, 0) is 0 Å². The van der Waals surface area contributed by atoms with Gasteiger partial charge >= 0.3 is 0 Å². The van der Waals surface area contributed by atoms with Gasteiger partial charge in [-0.25, -0.2) is 0 Å². The number of benzene rings is 2. The third kappa shape index (κ3) is 3.35. The molecule has 0 fully saturated rings. The molecule has 0 aliphatic rings. The van der Waals surface area contributed by atoms with Crippen LogP contribution in [0.5, 0.6) is 5.75 Å². The number of carbonyl (C=O) groups is 1. The molecule has 0 saturated carbocycles. The molecule has 2 rings (SSSR count). The number of rotatable bonds is 3. The fourth-order valence-electron chi connectivity index (χ4n) is 1.69. The number of amides is 1. The largest absolute Gasteiger partial charge is 0.494 e. The van der Waals surface area contributed by atoms with Crippen molar-refractivity contribution < 1.29 is 9.53 Å². The molecule has 0 unspecified atom stereocenters. The van der Waals surface area contributed by atoms with Crippen molar-refractivity contribution in [3.63, 3.8) is 0 Å². The van der Waals surface area contributed by atoms with Crippen LogP contribution < -0.4 is 15.8 Å². The molecule has 1 amide bonds. The van der Waals surface area contributed by atoms with Crippen LogP contribution in [0, 0.1) is 0 Å². The minimum atomic E-state index is -0.336. The molecule has 2 aromatic rings. The second kappa shape index (κ2) is 6.03. The Morgan fingerprint density at radius 1 is 1.15 bits per heavy atom. The van der Waals surface area contributed by atoms with Gasteiger partial charge in [0.05, 0.1) is 12.8 Å². The Kier molecular flexibility index (Phi) is 4.37. The summed E-state index contributed by atoms with van der Waals surface area (Å²) in [5.74, 6) is 0.143. The Morgan fingerprint density at radius 2 is 1.80 bits per heavy atom. The van der Waals surface area contributed by atoms with Gasteiger partial charge in [-0.2, -0.15) is 0 Å². The summed E-state index contributed by atoms with van der Waals surface area (Å²) < 4.78 is 5.16. The molecule has 0 heterocycles. The zero-order valence-corrected chi connectivity index (χ0v) is 12.1. The van der Waals surface area contributed by atoms with Gasteiger partial charge in [0.2, 0.25) is 0 Å². The summed E-state index contributed by atoms with van der Waals surface area (Å²) >= 11 is 11.7. The van der Waals surface area contributed by atoms with Gasteiger partial charge in [0.25, 0.3) is 5.91 Å². The van der Waals surface area contributed by atoms with Crippen molar-refractivity contribution in [3.05, 3.63) is 52.0 Å². The van der Waals surface area contributed by atoms with Crippen molar-refractivity contribution in [1.29, 1.82) is 0 Å². The zero-order chi connectivity index (χ0) is 14.7. The molecule has 6 heteroatoms. The molecule has 0 aliphatic heterocycles. The monoisotopic (exact) mass is 310 g/mol. The second-order valence-electron chi connectivity index (χ2n) is 4.07. The summed E-state index contributed by atoms with van der Waals surface area (Å²) in [6, 6.07) is 9.59. The van der Waals surface area contributed by atoms with Crippen molar-refractivity contribution in [2.45, 2.75) is 0 Å². The first-order valence-electron chi connectivity index (χ1n) is 5.70. The molecule has 0 saturated heterocycles. The molecule has 0 radical (unpaired) electrons. The Labute approximate surface area is 126 Å². The number of carbonyl (C=O) groups excluding carboxylic acids is 1. The van der Waals surface area contributed by atoms with Crippen LogP contribution in [0.4, 0.5) is 11.4 Å².